The zero-order chi connectivity index (χ0) is 13.9. The predicted molar refractivity (Wildman–Crippen MR) is 73.6 cm³/mol. The van der Waals surface area contributed by atoms with E-state index in [4.69, 9.17) is 4.52 Å². The minimum absolute atomic E-state index is 0.0620. The Hall–Kier alpha value is -1.75. The molecule has 0 saturated heterocycles. The molecule has 2 aromatic heterocycles. The highest BCUT2D eigenvalue weighted by atomic mass is 16.5. The van der Waals surface area contributed by atoms with Crippen molar-refractivity contribution in [1.82, 2.24) is 20.4 Å². The van der Waals surface area contributed by atoms with Gasteiger partial charge in [0, 0.05) is 36.0 Å². The molecule has 2 rings (SSSR count). The molecule has 0 aromatic carbocycles. The molecule has 102 valence electrons. The van der Waals surface area contributed by atoms with Gasteiger partial charge in [0.05, 0.1) is 0 Å². The van der Waals surface area contributed by atoms with Crippen molar-refractivity contribution in [2.45, 2.75) is 45.7 Å². The first-order valence-electron chi connectivity index (χ1n) is 6.47. The van der Waals surface area contributed by atoms with Crippen LogP contribution in [0.3, 0.4) is 0 Å². The summed E-state index contributed by atoms with van der Waals surface area (Å²) in [6, 6.07) is 4.13. The molecule has 5 heteroatoms. The highest BCUT2D eigenvalue weighted by molar-refractivity contribution is 5.50. The Morgan fingerprint density at radius 1 is 1.26 bits per heavy atom. The van der Waals surface area contributed by atoms with Crippen molar-refractivity contribution in [1.29, 1.82) is 0 Å². The Balaban J connectivity index is 2.10. The van der Waals surface area contributed by atoms with Crippen LogP contribution in [0.15, 0.2) is 29.0 Å². The minimum atomic E-state index is -0.0620. The van der Waals surface area contributed by atoms with E-state index >= 15 is 0 Å². The summed E-state index contributed by atoms with van der Waals surface area (Å²) in [5, 5.41) is 7.52. The molecule has 0 unspecified atom stereocenters. The van der Waals surface area contributed by atoms with Gasteiger partial charge in [-0.25, -0.2) is 0 Å². The number of aromatic nitrogens is 3. The van der Waals surface area contributed by atoms with Crippen LogP contribution in [0.2, 0.25) is 0 Å². The molecule has 0 aliphatic rings. The Kier molecular flexibility index (Phi) is 3.95. The summed E-state index contributed by atoms with van der Waals surface area (Å²) in [6.07, 6.45) is 4.15. The van der Waals surface area contributed by atoms with Gasteiger partial charge in [0.15, 0.2) is 5.82 Å². The van der Waals surface area contributed by atoms with Gasteiger partial charge in [-0.3, -0.25) is 4.98 Å². The molecule has 19 heavy (non-hydrogen) atoms. The summed E-state index contributed by atoms with van der Waals surface area (Å²) in [5.74, 6) is 1.25. The number of pyridine rings is 1. The molecule has 0 saturated carbocycles. The lowest BCUT2D eigenvalue weighted by atomic mass is 9.99. The summed E-state index contributed by atoms with van der Waals surface area (Å²) in [7, 11) is 0. The zero-order valence-electron chi connectivity index (χ0n) is 11.8. The van der Waals surface area contributed by atoms with Crippen LogP contribution in [-0.4, -0.2) is 26.7 Å². The van der Waals surface area contributed by atoms with Gasteiger partial charge in [-0.05, 0) is 26.0 Å². The average Bonchev–Trinajstić information content (AvgIpc) is 2.76. The third-order valence-corrected chi connectivity index (χ3v) is 2.67. The topological polar surface area (TPSA) is 63.8 Å². The number of rotatable bonds is 5. The number of hydrogen-bond acceptors (Lipinski definition) is 5. The van der Waals surface area contributed by atoms with Crippen molar-refractivity contribution in [2.24, 2.45) is 0 Å². The monoisotopic (exact) mass is 260 g/mol. The van der Waals surface area contributed by atoms with Gasteiger partial charge in [0.25, 0.3) is 5.89 Å². The minimum Gasteiger partial charge on any atom is -0.334 e. The fraction of sp³-hybridized carbons (Fsp3) is 0.500. The average molecular weight is 260 g/mol. The van der Waals surface area contributed by atoms with Gasteiger partial charge in [-0.15, -0.1) is 0 Å². The van der Waals surface area contributed by atoms with Crippen LogP contribution >= 0.6 is 0 Å². The Morgan fingerprint density at radius 2 is 1.95 bits per heavy atom. The highest BCUT2D eigenvalue weighted by Crippen LogP contribution is 2.18. The molecule has 5 nitrogen and oxygen atoms in total. The van der Waals surface area contributed by atoms with Crippen molar-refractivity contribution < 1.29 is 4.52 Å². The summed E-state index contributed by atoms with van der Waals surface area (Å²) in [4.78, 5) is 8.40. The van der Waals surface area contributed by atoms with Crippen molar-refractivity contribution in [3.8, 4) is 11.5 Å². The second-order valence-electron chi connectivity index (χ2n) is 5.61. The molecular formula is C14H20N4O. The molecule has 0 fully saturated rings. The van der Waals surface area contributed by atoms with E-state index in [0.717, 1.165) is 12.0 Å². The molecule has 2 aromatic rings. The van der Waals surface area contributed by atoms with Crippen LogP contribution in [0.25, 0.3) is 11.5 Å². The summed E-state index contributed by atoms with van der Waals surface area (Å²) >= 11 is 0. The fourth-order valence-corrected chi connectivity index (χ4v) is 2.17. The Morgan fingerprint density at radius 3 is 2.58 bits per heavy atom. The first-order valence-corrected chi connectivity index (χ1v) is 6.47. The lowest BCUT2D eigenvalue weighted by molar-refractivity contribution is 0.338. The molecule has 0 spiro atoms. The van der Waals surface area contributed by atoms with Crippen LogP contribution in [0, 0.1) is 0 Å². The maximum absolute atomic E-state index is 5.28. The summed E-state index contributed by atoms with van der Waals surface area (Å²) < 4.78 is 5.28. The summed E-state index contributed by atoms with van der Waals surface area (Å²) in [5.41, 5.74) is 0.830. The van der Waals surface area contributed by atoms with E-state index < -0.39 is 0 Å². The maximum atomic E-state index is 5.28. The molecule has 1 N–H and O–H groups in total. The normalized spacial score (nSPS) is 12.1. The third-order valence-electron chi connectivity index (χ3n) is 2.67. The van der Waals surface area contributed by atoms with Crippen molar-refractivity contribution in [3.63, 3.8) is 0 Å². The van der Waals surface area contributed by atoms with Crippen molar-refractivity contribution >= 4 is 0 Å². The largest absolute Gasteiger partial charge is 0.334 e. The molecular weight excluding hydrogens is 240 g/mol. The van der Waals surface area contributed by atoms with Gasteiger partial charge >= 0.3 is 0 Å². The molecule has 0 amide bonds. The van der Waals surface area contributed by atoms with E-state index in [2.05, 4.69) is 48.1 Å². The number of nitrogens with zero attached hydrogens (tertiary/aromatic N) is 3. The standard InChI is InChI=1S/C14H20N4O/c1-10(2)17-14(3,4)9-12-16-13(19-18-12)11-5-7-15-8-6-11/h5-8,10,17H,9H2,1-4H3. The lowest BCUT2D eigenvalue weighted by Crippen LogP contribution is -2.45. The SMILES string of the molecule is CC(C)NC(C)(C)Cc1noc(-c2ccncc2)n1. The van der Waals surface area contributed by atoms with Gasteiger partial charge in [0.2, 0.25) is 0 Å². The summed E-state index contributed by atoms with van der Waals surface area (Å²) in [6.45, 7) is 8.52. The Bertz CT molecular complexity index is 519. The van der Waals surface area contributed by atoms with Crippen LogP contribution in [0.1, 0.15) is 33.5 Å². The van der Waals surface area contributed by atoms with Crippen molar-refractivity contribution in [2.75, 3.05) is 0 Å². The van der Waals surface area contributed by atoms with E-state index in [0.29, 0.717) is 17.8 Å². The smallest absolute Gasteiger partial charge is 0.258 e. The quantitative estimate of drug-likeness (QED) is 0.894. The van der Waals surface area contributed by atoms with E-state index in [1.54, 1.807) is 12.4 Å². The second kappa shape index (κ2) is 5.48. The lowest BCUT2D eigenvalue weighted by Gasteiger charge is -2.27. The van der Waals surface area contributed by atoms with E-state index in [1.165, 1.54) is 0 Å². The molecule has 0 bridgehead atoms. The van der Waals surface area contributed by atoms with Crippen LogP contribution in [0.5, 0.6) is 0 Å². The number of hydrogen-bond donors (Lipinski definition) is 1. The predicted octanol–water partition coefficient (Wildman–Crippen LogP) is 2.45. The van der Waals surface area contributed by atoms with Gasteiger partial charge < -0.3 is 9.84 Å². The first-order chi connectivity index (χ1) is 8.96. The van der Waals surface area contributed by atoms with Crippen LogP contribution in [-0.2, 0) is 6.42 Å². The van der Waals surface area contributed by atoms with E-state index in [-0.39, 0.29) is 5.54 Å². The molecule has 0 radical (unpaired) electrons. The molecule has 0 atom stereocenters. The Labute approximate surface area is 113 Å². The molecule has 0 aliphatic carbocycles. The fourth-order valence-electron chi connectivity index (χ4n) is 2.17. The molecule has 0 aliphatic heterocycles. The second-order valence-corrected chi connectivity index (χ2v) is 5.61. The highest BCUT2D eigenvalue weighted by Gasteiger charge is 2.22. The van der Waals surface area contributed by atoms with Crippen molar-refractivity contribution in [3.05, 3.63) is 30.4 Å². The van der Waals surface area contributed by atoms with E-state index in [1.807, 2.05) is 12.1 Å². The third kappa shape index (κ3) is 3.86. The zero-order valence-corrected chi connectivity index (χ0v) is 11.8. The number of nitrogens with one attached hydrogen (secondary N) is 1. The van der Waals surface area contributed by atoms with Crippen LogP contribution in [0.4, 0.5) is 0 Å². The van der Waals surface area contributed by atoms with Gasteiger partial charge in [0.1, 0.15) is 0 Å². The van der Waals surface area contributed by atoms with E-state index in [9.17, 15) is 0 Å². The van der Waals surface area contributed by atoms with Gasteiger partial charge in [-0.2, -0.15) is 4.98 Å². The molecule has 2 heterocycles. The van der Waals surface area contributed by atoms with Crippen LogP contribution < -0.4 is 5.32 Å². The maximum Gasteiger partial charge on any atom is 0.258 e. The van der Waals surface area contributed by atoms with Gasteiger partial charge in [-0.1, -0.05) is 19.0 Å². The first kappa shape index (κ1) is 13.7.